The van der Waals surface area contributed by atoms with Crippen molar-refractivity contribution in [3.8, 4) is 11.3 Å². The fourth-order valence-corrected chi connectivity index (χ4v) is 2.96. The number of H-pyrrole nitrogens is 1. The Hall–Kier alpha value is -2.60. The number of hydrogen-bond donors (Lipinski definition) is 1. The van der Waals surface area contributed by atoms with Gasteiger partial charge < -0.3 is 9.72 Å². The van der Waals surface area contributed by atoms with E-state index in [1.807, 2.05) is 12.1 Å². The summed E-state index contributed by atoms with van der Waals surface area (Å²) >= 11 is 1.56. The molecule has 0 atom stereocenters. The quantitative estimate of drug-likeness (QED) is 0.555. The number of ether oxygens (including phenoxy) is 1. The summed E-state index contributed by atoms with van der Waals surface area (Å²) in [4.78, 5) is 18.9. The fourth-order valence-electron chi connectivity index (χ4n) is 2.16. The van der Waals surface area contributed by atoms with E-state index >= 15 is 0 Å². The fraction of sp³-hybridized carbons (Fsp3) is 0.111. The summed E-state index contributed by atoms with van der Waals surface area (Å²) in [6, 6.07) is 13.5. The molecule has 0 saturated carbocycles. The minimum atomic E-state index is -0.343. The first-order chi connectivity index (χ1) is 11.7. The number of methoxy groups -OCH3 is 1. The summed E-state index contributed by atoms with van der Waals surface area (Å²) in [6.07, 6.45) is 1.73. The van der Waals surface area contributed by atoms with E-state index in [1.165, 1.54) is 19.2 Å². The van der Waals surface area contributed by atoms with Crippen LogP contribution in [0.15, 0.2) is 59.9 Å². The van der Waals surface area contributed by atoms with Crippen molar-refractivity contribution in [2.75, 3.05) is 7.11 Å². The number of halogens is 1. The summed E-state index contributed by atoms with van der Waals surface area (Å²) in [6.45, 7) is 0. The largest absolute Gasteiger partial charge is 0.465 e. The Labute approximate surface area is 143 Å². The van der Waals surface area contributed by atoms with Gasteiger partial charge in [0.2, 0.25) is 0 Å². The molecule has 0 radical (unpaired) electrons. The Morgan fingerprint density at radius 2 is 1.88 bits per heavy atom. The van der Waals surface area contributed by atoms with Crippen LogP contribution in [0, 0.1) is 5.82 Å². The third-order valence-electron chi connectivity index (χ3n) is 3.46. The van der Waals surface area contributed by atoms with Crippen LogP contribution in [0.5, 0.6) is 0 Å². The van der Waals surface area contributed by atoms with Gasteiger partial charge in [-0.05, 0) is 47.5 Å². The number of aromatic amines is 1. The van der Waals surface area contributed by atoms with Crippen LogP contribution >= 0.6 is 11.8 Å². The highest BCUT2D eigenvalue weighted by atomic mass is 32.2. The first kappa shape index (κ1) is 16.3. The van der Waals surface area contributed by atoms with E-state index in [0.717, 1.165) is 27.7 Å². The Bertz CT molecular complexity index is 829. The van der Waals surface area contributed by atoms with E-state index in [2.05, 4.69) is 14.7 Å². The molecule has 4 nitrogen and oxygen atoms in total. The Morgan fingerprint density at radius 3 is 2.54 bits per heavy atom. The van der Waals surface area contributed by atoms with Crippen molar-refractivity contribution in [1.82, 2.24) is 9.97 Å². The molecule has 24 heavy (non-hydrogen) atoms. The highest BCUT2D eigenvalue weighted by Gasteiger charge is 2.07. The molecule has 0 aliphatic rings. The number of esters is 1. The lowest BCUT2D eigenvalue weighted by atomic mass is 10.1. The molecule has 0 aliphatic heterocycles. The number of aromatic nitrogens is 2. The van der Waals surface area contributed by atoms with Gasteiger partial charge in [0.1, 0.15) is 5.82 Å². The van der Waals surface area contributed by atoms with Gasteiger partial charge in [0, 0.05) is 5.75 Å². The predicted octanol–water partition coefficient (Wildman–Crippen LogP) is 4.29. The molecule has 0 aliphatic carbocycles. The Morgan fingerprint density at radius 1 is 1.17 bits per heavy atom. The van der Waals surface area contributed by atoms with Crippen molar-refractivity contribution < 1.29 is 13.9 Å². The molecule has 0 bridgehead atoms. The van der Waals surface area contributed by atoms with Crippen LogP contribution in [0.4, 0.5) is 4.39 Å². The molecule has 3 aromatic rings. The zero-order chi connectivity index (χ0) is 16.9. The van der Waals surface area contributed by atoms with Crippen molar-refractivity contribution in [1.29, 1.82) is 0 Å². The normalized spacial score (nSPS) is 10.6. The van der Waals surface area contributed by atoms with Gasteiger partial charge in [-0.1, -0.05) is 23.9 Å². The highest BCUT2D eigenvalue weighted by Crippen LogP contribution is 2.24. The smallest absolute Gasteiger partial charge is 0.337 e. The maximum Gasteiger partial charge on any atom is 0.337 e. The van der Waals surface area contributed by atoms with Gasteiger partial charge in [-0.15, -0.1) is 0 Å². The highest BCUT2D eigenvalue weighted by molar-refractivity contribution is 7.98. The monoisotopic (exact) mass is 342 g/mol. The number of benzene rings is 2. The first-order valence-electron chi connectivity index (χ1n) is 7.27. The summed E-state index contributed by atoms with van der Waals surface area (Å²) < 4.78 is 17.6. The standard InChI is InChI=1S/C18H15FN2O2S/c1-23-17(22)14-4-2-12(3-5-14)11-24-18-20-10-16(21-18)13-6-8-15(19)9-7-13/h2-10H,11H2,1H3,(H,20,21). The lowest BCUT2D eigenvalue weighted by Gasteiger charge is -2.02. The van der Waals surface area contributed by atoms with Crippen LogP contribution in [-0.4, -0.2) is 23.0 Å². The third kappa shape index (κ3) is 3.83. The van der Waals surface area contributed by atoms with Crippen molar-refractivity contribution >= 4 is 17.7 Å². The zero-order valence-electron chi connectivity index (χ0n) is 13.0. The second kappa shape index (κ2) is 7.31. The van der Waals surface area contributed by atoms with Crippen LogP contribution in [-0.2, 0) is 10.5 Å². The molecular weight excluding hydrogens is 327 g/mol. The van der Waals surface area contributed by atoms with Crippen LogP contribution in [0.25, 0.3) is 11.3 Å². The van der Waals surface area contributed by atoms with Gasteiger partial charge in [-0.3, -0.25) is 0 Å². The van der Waals surface area contributed by atoms with E-state index in [1.54, 1.807) is 42.2 Å². The second-order valence-electron chi connectivity index (χ2n) is 5.09. The zero-order valence-corrected chi connectivity index (χ0v) is 13.8. The van der Waals surface area contributed by atoms with Gasteiger partial charge >= 0.3 is 5.97 Å². The molecule has 0 fully saturated rings. The number of rotatable bonds is 5. The maximum atomic E-state index is 13.0. The van der Waals surface area contributed by atoms with E-state index < -0.39 is 0 Å². The number of hydrogen-bond acceptors (Lipinski definition) is 4. The predicted molar refractivity (Wildman–Crippen MR) is 91.3 cm³/mol. The molecule has 1 aromatic heterocycles. The Kier molecular flexibility index (Phi) is 4.96. The lowest BCUT2D eigenvalue weighted by molar-refractivity contribution is 0.0600. The van der Waals surface area contributed by atoms with Crippen molar-refractivity contribution in [3.63, 3.8) is 0 Å². The van der Waals surface area contributed by atoms with Crippen LogP contribution in [0.1, 0.15) is 15.9 Å². The van der Waals surface area contributed by atoms with Gasteiger partial charge in [-0.25, -0.2) is 14.2 Å². The van der Waals surface area contributed by atoms with Crippen LogP contribution < -0.4 is 0 Å². The van der Waals surface area contributed by atoms with Crippen molar-refractivity contribution in [3.05, 3.63) is 71.7 Å². The average Bonchev–Trinajstić information content (AvgIpc) is 3.09. The topological polar surface area (TPSA) is 55.0 Å². The van der Waals surface area contributed by atoms with E-state index in [4.69, 9.17) is 0 Å². The SMILES string of the molecule is COC(=O)c1ccc(CSc2ncc(-c3ccc(F)cc3)[nH]2)cc1. The molecule has 1 heterocycles. The number of thioether (sulfide) groups is 1. The summed E-state index contributed by atoms with van der Waals surface area (Å²) in [5, 5.41) is 0.784. The molecule has 6 heteroatoms. The molecule has 0 saturated heterocycles. The van der Waals surface area contributed by atoms with E-state index in [-0.39, 0.29) is 11.8 Å². The van der Waals surface area contributed by atoms with Crippen LogP contribution in [0.3, 0.4) is 0 Å². The molecule has 2 aromatic carbocycles. The number of nitrogens with one attached hydrogen (secondary N) is 1. The third-order valence-corrected chi connectivity index (χ3v) is 4.42. The summed E-state index contributed by atoms with van der Waals surface area (Å²) in [5.74, 6) is 0.116. The van der Waals surface area contributed by atoms with Crippen LogP contribution in [0.2, 0.25) is 0 Å². The van der Waals surface area contributed by atoms with Gasteiger partial charge in [-0.2, -0.15) is 0 Å². The van der Waals surface area contributed by atoms with Crippen molar-refractivity contribution in [2.45, 2.75) is 10.9 Å². The lowest BCUT2D eigenvalue weighted by Crippen LogP contribution is -2.00. The second-order valence-corrected chi connectivity index (χ2v) is 6.05. The molecule has 1 N–H and O–H groups in total. The summed E-state index contributed by atoms with van der Waals surface area (Å²) in [7, 11) is 1.36. The van der Waals surface area contributed by atoms with E-state index in [0.29, 0.717) is 5.56 Å². The molecular formula is C18H15FN2O2S. The minimum Gasteiger partial charge on any atom is -0.465 e. The number of carbonyl (C=O) groups excluding carboxylic acids is 1. The van der Waals surface area contributed by atoms with E-state index in [9.17, 15) is 9.18 Å². The minimum absolute atomic E-state index is 0.261. The first-order valence-corrected chi connectivity index (χ1v) is 8.25. The molecule has 0 unspecified atom stereocenters. The van der Waals surface area contributed by atoms with Gasteiger partial charge in [0.05, 0.1) is 24.6 Å². The number of nitrogens with zero attached hydrogens (tertiary/aromatic N) is 1. The molecule has 0 spiro atoms. The van der Waals surface area contributed by atoms with Crippen molar-refractivity contribution in [2.24, 2.45) is 0 Å². The summed E-state index contributed by atoms with van der Waals surface area (Å²) in [5.41, 5.74) is 3.34. The average molecular weight is 342 g/mol. The number of carbonyl (C=O) groups is 1. The molecule has 0 amide bonds. The number of imidazole rings is 1. The molecule has 122 valence electrons. The van der Waals surface area contributed by atoms with Gasteiger partial charge in [0.25, 0.3) is 0 Å². The van der Waals surface area contributed by atoms with Gasteiger partial charge in [0.15, 0.2) is 5.16 Å². The Balaban J connectivity index is 1.63. The molecule has 3 rings (SSSR count). The maximum absolute atomic E-state index is 13.0.